The van der Waals surface area contributed by atoms with Crippen LogP contribution >= 0.6 is 0 Å². The highest BCUT2D eigenvalue weighted by Gasteiger charge is 2.49. The van der Waals surface area contributed by atoms with E-state index < -0.39 is 23.5 Å². The van der Waals surface area contributed by atoms with Gasteiger partial charge in [0.15, 0.2) is 11.6 Å². The minimum Gasteiger partial charge on any atom is -0.450 e. The standard InChI is InChI=1S/C18H21F2N3O4/c1-2-27-18(26)23-7-5-22(6-8-23)17(25)13-10-12(13)16(24)21-11-3-4-14(19)15(20)9-11/h3-4,9,12-13H,2,5-8,10H2,1H3,(H,21,24). The molecule has 0 radical (unpaired) electrons. The Morgan fingerprint density at radius 1 is 1.07 bits per heavy atom. The maximum atomic E-state index is 13.2. The number of amides is 3. The van der Waals surface area contributed by atoms with Gasteiger partial charge in [-0.2, -0.15) is 0 Å². The lowest BCUT2D eigenvalue weighted by Crippen LogP contribution is -2.51. The van der Waals surface area contributed by atoms with Crippen molar-refractivity contribution in [1.29, 1.82) is 0 Å². The molecule has 3 amide bonds. The van der Waals surface area contributed by atoms with Gasteiger partial charge < -0.3 is 19.9 Å². The van der Waals surface area contributed by atoms with Crippen molar-refractivity contribution >= 4 is 23.6 Å². The van der Waals surface area contributed by atoms with Crippen LogP contribution in [-0.2, 0) is 14.3 Å². The summed E-state index contributed by atoms with van der Waals surface area (Å²) >= 11 is 0. The molecule has 1 N–H and O–H groups in total. The predicted molar refractivity (Wildman–Crippen MR) is 91.8 cm³/mol. The molecule has 1 saturated heterocycles. The summed E-state index contributed by atoms with van der Waals surface area (Å²) in [5.74, 6) is -3.43. The molecule has 1 aliphatic heterocycles. The molecule has 146 valence electrons. The number of nitrogens with zero attached hydrogens (tertiary/aromatic N) is 2. The molecule has 3 rings (SSSR count). The van der Waals surface area contributed by atoms with Crippen LogP contribution in [0.4, 0.5) is 19.3 Å². The number of benzene rings is 1. The van der Waals surface area contributed by atoms with E-state index in [2.05, 4.69) is 5.32 Å². The minimum absolute atomic E-state index is 0.121. The Balaban J connectivity index is 1.48. The zero-order valence-corrected chi connectivity index (χ0v) is 14.9. The lowest BCUT2D eigenvalue weighted by Gasteiger charge is -2.34. The number of hydrogen-bond donors (Lipinski definition) is 1. The van der Waals surface area contributed by atoms with Gasteiger partial charge in [-0.05, 0) is 25.5 Å². The molecule has 1 aromatic rings. The van der Waals surface area contributed by atoms with Gasteiger partial charge in [-0.15, -0.1) is 0 Å². The van der Waals surface area contributed by atoms with E-state index in [4.69, 9.17) is 4.74 Å². The zero-order valence-electron chi connectivity index (χ0n) is 14.9. The van der Waals surface area contributed by atoms with Crippen LogP contribution in [-0.4, -0.2) is 60.5 Å². The second-order valence-corrected chi connectivity index (χ2v) is 6.58. The van der Waals surface area contributed by atoms with Crippen molar-refractivity contribution in [2.45, 2.75) is 13.3 Å². The van der Waals surface area contributed by atoms with Gasteiger partial charge in [-0.1, -0.05) is 0 Å². The molecule has 0 spiro atoms. The lowest BCUT2D eigenvalue weighted by molar-refractivity contribution is -0.135. The van der Waals surface area contributed by atoms with E-state index in [0.717, 1.165) is 12.1 Å². The topological polar surface area (TPSA) is 79.0 Å². The molecule has 1 aliphatic carbocycles. The number of carbonyl (C=O) groups excluding carboxylic acids is 3. The molecule has 2 aliphatic rings. The van der Waals surface area contributed by atoms with Crippen LogP contribution in [0.1, 0.15) is 13.3 Å². The zero-order chi connectivity index (χ0) is 19.6. The number of rotatable bonds is 4. The number of nitrogens with one attached hydrogen (secondary N) is 1. The average molecular weight is 381 g/mol. The van der Waals surface area contributed by atoms with E-state index in [1.165, 1.54) is 6.07 Å². The second-order valence-electron chi connectivity index (χ2n) is 6.58. The first-order valence-corrected chi connectivity index (χ1v) is 8.87. The molecule has 0 bridgehead atoms. The SMILES string of the molecule is CCOC(=O)N1CCN(C(=O)C2CC2C(=O)Nc2ccc(F)c(F)c2)CC1. The number of carbonyl (C=O) groups is 3. The third-order valence-corrected chi connectivity index (χ3v) is 4.75. The van der Waals surface area contributed by atoms with Gasteiger partial charge in [-0.25, -0.2) is 13.6 Å². The molecule has 0 aromatic heterocycles. The lowest BCUT2D eigenvalue weighted by atomic mass is 10.2. The Kier molecular flexibility index (Phi) is 5.57. The van der Waals surface area contributed by atoms with Gasteiger partial charge in [0.25, 0.3) is 0 Å². The van der Waals surface area contributed by atoms with Gasteiger partial charge in [0.1, 0.15) is 0 Å². The van der Waals surface area contributed by atoms with Gasteiger partial charge in [0.05, 0.1) is 18.4 Å². The molecule has 1 heterocycles. The first-order valence-electron chi connectivity index (χ1n) is 8.87. The number of anilines is 1. The maximum Gasteiger partial charge on any atom is 0.409 e. The molecular weight excluding hydrogens is 360 g/mol. The molecule has 9 heteroatoms. The Bertz CT molecular complexity index is 750. The average Bonchev–Trinajstić information content (AvgIpc) is 3.45. The second kappa shape index (κ2) is 7.89. The third-order valence-electron chi connectivity index (χ3n) is 4.75. The smallest absolute Gasteiger partial charge is 0.409 e. The number of ether oxygens (including phenoxy) is 1. The van der Waals surface area contributed by atoms with Crippen molar-refractivity contribution in [3.8, 4) is 0 Å². The molecular formula is C18H21F2N3O4. The summed E-state index contributed by atoms with van der Waals surface area (Å²) < 4.78 is 31.1. The summed E-state index contributed by atoms with van der Waals surface area (Å²) in [6.07, 6.45) is 0.0340. The highest BCUT2D eigenvalue weighted by molar-refractivity contribution is 5.99. The Morgan fingerprint density at radius 2 is 1.74 bits per heavy atom. The van der Waals surface area contributed by atoms with E-state index in [0.29, 0.717) is 39.2 Å². The molecule has 7 nitrogen and oxygen atoms in total. The number of halogens is 2. The van der Waals surface area contributed by atoms with Crippen molar-refractivity contribution < 1.29 is 27.9 Å². The first-order chi connectivity index (χ1) is 12.9. The van der Waals surface area contributed by atoms with Crippen molar-refractivity contribution in [2.24, 2.45) is 11.8 Å². The molecule has 2 unspecified atom stereocenters. The van der Waals surface area contributed by atoms with E-state index in [1.54, 1.807) is 16.7 Å². The molecule has 2 fully saturated rings. The summed E-state index contributed by atoms with van der Waals surface area (Å²) in [6, 6.07) is 3.11. The Labute approximate surface area is 155 Å². The Hall–Kier alpha value is -2.71. The quantitative estimate of drug-likeness (QED) is 0.863. The van der Waals surface area contributed by atoms with Crippen LogP contribution in [0.2, 0.25) is 0 Å². The molecule has 2 atom stereocenters. The summed E-state index contributed by atoms with van der Waals surface area (Å²) in [5.41, 5.74) is 0.153. The van der Waals surface area contributed by atoms with E-state index >= 15 is 0 Å². The highest BCUT2D eigenvalue weighted by atomic mass is 19.2. The van der Waals surface area contributed by atoms with Gasteiger partial charge in [0.2, 0.25) is 11.8 Å². The van der Waals surface area contributed by atoms with Crippen molar-refractivity contribution in [2.75, 3.05) is 38.1 Å². The van der Waals surface area contributed by atoms with Crippen molar-refractivity contribution in [1.82, 2.24) is 9.80 Å². The fourth-order valence-electron chi connectivity index (χ4n) is 3.13. The van der Waals surface area contributed by atoms with Crippen LogP contribution in [0.3, 0.4) is 0 Å². The van der Waals surface area contributed by atoms with E-state index in [-0.39, 0.29) is 23.6 Å². The highest BCUT2D eigenvalue weighted by Crippen LogP contribution is 2.41. The van der Waals surface area contributed by atoms with Crippen molar-refractivity contribution in [3.05, 3.63) is 29.8 Å². The Morgan fingerprint density at radius 3 is 2.37 bits per heavy atom. The summed E-state index contributed by atoms with van der Waals surface area (Å²) in [5, 5.41) is 2.51. The summed E-state index contributed by atoms with van der Waals surface area (Å²) in [7, 11) is 0. The normalized spacial score (nSPS) is 21.6. The van der Waals surface area contributed by atoms with Gasteiger partial charge in [-0.3, -0.25) is 9.59 Å². The van der Waals surface area contributed by atoms with Crippen LogP contribution in [0.15, 0.2) is 18.2 Å². The monoisotopic (exact) mass is 381 g/mol. The molecule has 1 aromatic carbocycles. The summed E-state index contributed by atoms with van der Waals surface area (Å²) in [4.78, 5) is 39.6. The van der Waals surface area contributed by atoms with Crippen molar-refractivity contribution in [3.63, 3.8) is 0 Å². The maximum absolute atomic E-state index is 13.2. The fourth-order valence-corrected chi connectivity index (χ4v) is 3.13. The predicted octanol–water partition coefficient (Wildman–Crippen LogP) is 1.84. The van der Waals surface area contributed by atoms with Crippen LogP contribution < -0.4 is 5.32 Å². The van der Waals surface area contributed by atoms with Gasteiger partial charge in [0, 0.05) is 37.9 Å². The van der Waals surface area contributed by atoms with E-state index in [9.17, 15) is 23.2 Å². The third kappa shape index (κ3) is 4.35. The van der Waals surface area contributed by atoms with Crippen LogP contribution in [0.25, 0.3) is 0 Å². The minimum atomic E-state index is -1.05. The molecule has 27 heavy (non-hydrogen) atoms. The first kappa shape index (κ1) is 19.1. The number of piperazine rings is 1. The molecule has 1 saturated carbocycles. The fraction of sp³-hybridized carbons (Fsp3) is 0.500. The summed E-state index contributed by atoms with van der Waals surface area (Å²) in [6.45, 7) is 3.61. The van der Waals surface area contributed by atoms with Crippen LogP contribution in [0.5, 0.6) is 0 Å². The van der Waals surface area contributed by atoms with E-state index in [1.807, 2.05) is 0 Å². The van der Waals surface area contributed by atoms with Gasteiger partial charge >= 0.3 is 6.09 Å². The largest absolute Gasteiger partial charge is 0.450 e. The van der Waals surface area contributed by atoms with Crippen LogP contribution in [0, 0.1) is 23.5 Å². The number of hydrogen-bond acceptors (Lipinski definition) is 4.